The van der Waals surface area contributed by atoms with Gasteiger partial charge in [0.05, 0.1) is 23.7 Å². The number of hydrogen-bond donors (Lipinski definition) is 0. The number of carbonyl (C=O) groups excluding carboxylic acids is 2. The van der Waals surface area contributed by atoms with E-state index in [0.29, 0.717) is 25.0 Å². The molecular weight excluding hydrogens is 490 g/mol. The second-order valence-corrected chi connectivity index (χ2v) is 9.21. The van der Waals surface area contributed by atoms with Gasteiger partial charge in [-0.05, 0) is 43.5 Å². The van der Waals surface area contributed by atoms with Crippen LogP contribution in [-0.2, 0) is 17.1 Å². The number of alkyl halides is 6. The number of halogens is 6. The number of ether oxygens (including phenoxy) is 1. The summed E-state index contributed by atoms with van der Waals surface area (Å²) in [7, 11) is 0. The van der Waals surface area contributed by atoms with Gasteiger partial charge in [-0.2, -0.15) is 26.3 Å². The smallest absolute Gasteiger partial charge is 0.416 e. The molecule has 0 saturated carbocycles. The minimum absolute atomic E-state index is 0.00529. The highest BCUT2D eigenvalue weighted by Crippen LogP contribution is 2.39. The van der Waals surface area contributed by atoms with Gasteiger partial charge in [0.15, 0.2) is 0 Å². The van der Waals surface area contributed by atoms with Crippen molar-refractivity contribution in [1.29, 1.82) is 0 Å². The molecule has 0 aliphatic carbocycles. The lowest BCUT2D eigenvalue weighted by Gasteiger charge is -2.27. The molecule has 2 aromatic rings. The third-order valence-electron chi connectivity index (χ3n) is 6.77. The Bertz CT molecular complexity index is 1100. The van der Waals surface area contributed by atoms with Crippen LogP contribution in [-0.4, -0.2) is 47.0 Å². The van der Waals surface area contributed by atoms with E-state index in [0.717, 1.165) is 5.56 Å². The average molecular weight is 514 g/mol. The van der Waals surface area contributed by atoms with E-state index in [2.05, 4.69) is 0 Å². The van der Waals surface area contributed by atoms with Gasteiger partial charge in [0, 0.05) is 25.1 Å². The first kappa shape index (κ1) is 25.8. The van der Waals surface area contributed by atoms with E-state index in [1.165, 1.54) is 4.90 Å². The highest BCUT2D eigenvalue weighted by atomic mass is 19.4. The van der Waals surface area contributed by atoms with Crippen LogP contribution in [0, 0.1) is 0 Å². The van der Waals surface area contributed by atoms with Crippen LogP contribution < -0.4 is 0 Å². The predicted molar refractivity (Wildman–Crippen MR) is 117 cm³/mol. The summed E-state index contributed by atoms with van der Waals surface area (Å²) in [6, 6.07) is 9.97. The summed E-state index contributed by atoms with van der Waals surface area (Å²) in [5.74, 6) is -0.928. The van der Waals surface area contributed by atoms with Crippen LogP contribution in [0.2, 0.25) is 0 Å². The lowest BCUT2D eigenvalue weighted by atomic mass is 9.94. The van der Waals surface area contributed by atoms with Crippen molar-refractivity contribution in [1.82, 2.24) is 9.80 Å². The summed E-state index contributed by atoms with van der Waals surface area (Å²) in [4.78, 5) is 28.5. The van der Waals surface area contributed by atoms with Gasteiger partial charge in [-0.3, -0.25) is 9.69 Å². The van der Waals surface area contributed by atoms with Crippen LogP contribution in [0.3, 0.4) is 0 Å². The first-order valence-electron chi connectivity index (χ1n) is 11.4. The molecule has 1 spiro atoms. The van der Waals surface area contributed by atoms with Crippen molar-refractivity contribution in [3.63, 3.8) is 0 Å². The van der Waals surface area contributed by atoms with Crippen molar-refractivity contribution in [2.75, 3.05) is 19.6 Å². The van der Waals surface area contributed by atoms with Gasteiger partial charge in [-0.25, -0.2) is 4.79 Å². The Morgan fingerprint density at radius 3 is 2.14 bits per heavy atom. The van der Waals surface area contributed by atoms with Crippen molar-refractivity contribution in [2.45, 2.75) is 50.2 Å². The van der Waals surface area contributed by atoms with E-state index in [1.807, 2.05) is 37.3 Å². The van der Waals surface area contributed by atoms with Gasteiger partial charge in [0.1, 0.15) is 5.60 Å². The summed E-state index contributed by atoms with van der Waals surface area (Å²) in [6.07, 6.45) is -9.59. The number of amides is 2. The molecule has 2 aliphatic rings. The third kappa shape index (κ3) is 5.29. The molecule has 2 amide bonds. The first-order valence-corrected chi connectivity index (χ1v) is 11.4. The number of likely N-dealkylation sites (tertiary alicyclic amines) is 1. The van der Waals surface area contributed by atoms with Crippen molar-refractivity contribution in [2.24, 2.45) is 0 Å². The molecule has 36 heavy (non-hydrogen) atoms. The molecule has 4 rings (SSSR count). The van der Waals surface area contributed by atoms with Gasteiger partial charge in [0.25, 0.3) is 5.91 Å². The van der Waals surface area contributed by atoms with E-state index in [4.69, 9.17) is 4.74 Å². The Morgan fingerprint density at radius 1 is 0.944 bits per heavy atom. The summed E-state index contributed by atoms with van der Waals surface area (Å²) < 4.78 is 85.1. The Kier molecular flexibility index (Phi) is 6.70. The number of rotatable bonds is 3. The second kappa shape index (κ2) is 9.33. The fourth-order valence-corrected chi connectivity index (χ4v) is 4.75. The van der Waals surface area contributed by atoms with Gasteiger partial charge in [-0.1, -0.05) is 30.3 Å². The summed E-state index contributed by atoms with van der Waals surface area (Å²) in [5, 5.41) is 0. The van der Waals surface area contributed by atoms with Crippen molar-refractivity contribution in [3.05, 3.63) is 70.8 Å². The molecule has 0 unspecified atom stereocenters. The Labute approximate surface area is 203 Å². The first-order chi connectivity index (χ1) is 16.8. The fourth-order valence-electron chi connectivity index (χ4n) is 4.75. The van der Waals surface area contributed by atoms with Crippen LogP contribution >= 0.6 is 0 Å². The molecule has 2 atom stereocenters. The maximum atomic E-state index is 13.2. The van der Waals surface area contributed by atoms with Crippen LogP contribution in [0.5, 0.6) is 0 Å². The summed E-state index contributed by atoms with van der Waals surface area (Å²) in [5.41, 5.74) is -3.73. The second-order valence-electron chi connectivity index (χ2n) is 9.21. The zero-order valence-electron chi connectivity index (χ0n) is 19.3. The van der Waals surface area contributed by atoms with Crippen molar-refractivity contribution < 1.29 is 40.7 Å². The SMILES string of the molecule is C[C@H](c1ccccc1)N1C[C@]2(CCCN(C(=O)c3cc(C(F)(F)F)cc(C(F)(F)F)c3)CC2)OC1=O. The number of benzene rings is 2. The van der Waals surface area contributed by atoms with E-state index in [9.17, 15) is 35.9 Å². The Morgan fingerprint density at radius 2 is 1.56 bits per heavy atom. The lowest BCUT2D eigenvalue weighted by molar-refractivity contribution is -0.143. The van der Waals surface area contributed by atoms with Crippen LogP contribution in [0.25, 0.3) is 0 Å². The van der Waals surface area contributed by atoms with Gasteiger partial charge in [0.2, 0.25) is 0 Å². The largest absolute Gasteiger partial charge is 0.441 e. The standard InChI is InChI=1S/C25H24F6N2O3/c1-16(17-6-3-2-4-7-17)33-15-23(36-22(33)35)8-5-10-32(11-9-23)21(34)18-12-19(24(26,27)28)14-20(13-18)25(29,30)31/h2-4,6-7,12-14,16H,5,8-11,15H2,1H3/t16-,23-/m1/s1. The van der Waals surface area contributed by atoms with Gasteiger partial charge in [-0.15, -0.1) is 0 Å². The minimum atomic E-state index is -5.05. The number of hydrogen-bond acceptors (Lipinski definition) is 3. The summed E-state index contributed by atoms with van der Waals surface area (Å²) >= 11 is 0. The molecule has 5 nitrogen and oxygen atoms in total. The van der Waals surface area contributed by atoms with E-state index >= 15 is 0 Å². The topological polar surface area (TPSA) is 49.9 Å². The third-order valence-corrected chi connectivity index (χ3v) is 6.77. The van der Waals surface area contributed by atoms with Crippen molar-refractivity contribution >= 4 is 12.0 Å². The molecule has 194 valence electrons. The maximum absolute atomic E-state index is 13.2. The predicted octanol–water partition coefficient (Wildman–Crippen LogP) is 6.30. The van der Waals surface area contributed by atoms with Gasteiger partial charge >= 0.3 is 18.4 Å². The van der Waals surface area contributed by atoms with Crippen LogP contribution in [0.15, 0.2) is 48.5 Å². The number of nitrogens with zero attached hydrogens (tertiary/aromatic N) is 2. The highest BCUT2D eigenvalue weighted by molar-refractivity contribution is 5.94. The molecule has 0 aromatic heterocycles. The molecule has 0 N–H and O–H groups in total. The number of carbonyl (C=O) groups is 2. The van der Waals surface area contributed by atoms with Gasteiger partial charge < -0.3 is 9.64 Å². The average Bonchev–Trinajstić information content (AvgIpc) is 3.01. The molecule has 2 aromatic carbocycles. The molecular formula is C25H24F6N2O3. The van der Waals surface area contributed by atoms with E-state index < -0.39 is 46.6 Å². The van der Waals surface area contributed by atoms with Crippen LogP contribution in [0.4, 0.5) is 31.1 Å². The fraction of sp³-hybridized carbons (Fsp3) is 0.440. The monoisotopic (exact) mass is 514 g/mol. The Hall–Kier alpha value is -3.24. The van der Waals surface area contributed by atoms with Crippen LogP contribution in [0.1, 0.15) is 59.3 Å². The zero-order valence-corrected chi connectivity index (χ0v) is 19.3. The highest BCUT2D eigenvalue weighted by Gasteiger charge is 2.48. The van der Waals surface area contributed by atoms with E-state index in [1.54, 1.807) is 4.90 Å². The van der Waals surface area contributed by atoms with Crippen molar-refractivity contribution in [3.8, 4) is 0 Å². The molecule has 2 fully saturated rings. The molecule has 2 heterocycles. The molecule has 11 heteroatoms. The van der Waals surface area contributed by atoms with E-state index in [-0.39, 0.29) is 38.2 Å². The molecule has 0 bridgehead atoms. The normalized spacial score (nSPS) is 21.9. The molecule has 2 saturated heterocycles. The molecule has 0 radical (unpaired) electrons. The molecule has 2 aliphatic heterocycles. The maximum Gasteiger partial charge on any atom is 0.416 e. The Balaban J connectivity index is 1.52. The lowest BCUT2D eigenvalue weighted by Crippen LogP contribution is -2.38. The summed E-state index contributed by atoms with van der Waals surface area (Å²) in [6.45, 7) is 2.28. The quantitative estimate of drug-likeness (QED) is 0.452. The minimum Gasteiger partial charge on any atom is -0.441 e. The zero-order chi connectivity index (χ0) is 26.3.